The first-order valence-electron chi connectivity index (χ1n) is 9.00. The predicted octanol–water partition coefficient (Wildman–Crippen LogP) is 3.92. The van der Waals surface area contributed by atoms with Gasteiger partial charge < -0.3 is 5.32 Å². The van der Waals surface area contributed by atoms with Crippen molar-refractivity contribution in [1.29, 1.82) is 0 Å². The van der Waals surface area contributed by atoms with E-state index in [0.29, 0.717) is 12.5 Å². The molecule has 1 aliphatic carbocycles. The molecule has 1 heterocycles. The summed E-state index contributed by atoms with van der Waals surface area (Å²) < 4.78 is 2.44. The lowest BCUT2D eigenvalue weighted by Gasteiger charge is -2.26. The third kappa shape index (κ3) is 3.19. The average molecular weight is 313 g/mol. The molecule has 3 nitrogen and oxygen atoms in total. The highest BCUT2D eigenvalue weighted by Crippen LogP contribution is 2.39. The molecule has 1 N–H and O–H groups in total. The van der Waals surface area contributed by atoms with E-state index in [4.69, 9.17) is 0 Å². The number of nitrogens with one attached hydrogen (secondary N) is 1. The van der Waals surface area contributed by atoms with Crippen LogP contribution < -0.4 is 5.32 Å². The summed E-state index contributed by atoms with van der Waals surface area (Å²) >= 11 is 0. The summed E-state index contributed by atoms with van der Waals surface area (Å²) in [6.07, 6.45) is 6.28. The monoisotopic (exact) mass is 313 g/mol. The molecule has 1 aromatic carbocycles. The van der Waals surface area contributed by atoms with Crippen molar-refractivity contribution in [2.45, 2.75) is 70.8 Å². The molecule has 0 unspecified atom stereocenters. The van der Waals surface area contributed by atoms with E-state index in [1.165, 1.54) is 36.2 Å². The zero-order valence-electron chi connectivity index (χ0n) is 14.7. The molecule has 1 aliphatic heterocycles. The minimum Gasteiger partial charge on any atom is -0.353 e. The SMILES string of the molecule is CC1=[N+](CCCCC(=O)NC2CCC2)c2ccccc2C1(C)C. The van der Waals surface area contributed by atoms with Gasteiger partial charge in [0.2, 0.25) is 11.6 Å². The molecule has 1 amide bonds. The van der Waals surface area contributed by atoms with Gasteiger partial charge >= 0.3 is 0 Å². The Labute approximate surface area is 139 Å². The molecule has 0 atom stereocenters. The first-order valence-corrected chi connectivity index (χ1v) is 9.00. The number of amides is 1. The molecule has 0 aromatic heterocycles. The van der Waals surface area contributed by atoms with Crippen LogP contribution in [0.2, 0.25) is 0 Å². The van der Waals surface area contributed by atoms with Crippen molar-refractivity contribution in [3.05, 3.63) is 29.8 Å². The summed E-state index contributed by atoms with van der Waals surface area (Å²) in [6.45, 7) is 7.84. The number of hydrogen-bond donors (Lipinski definition) is 1. The lowest BCUT2D eigenvalue weighted by atomic mass is 9.82. The summed E-state index contributed by atoms with van der Waals surface area (Å²) in [4.78, 5) is 11.9. The van der Waals surface area contributed by atoms with Crippen LogP contribution in [-0.2, 0) is 10.2 Å². The molecule has 0 bridgehead atoms. The molecule has 1 fully saturated rings. The fraction of sp³-hybridized carbons (Fsp3) is 0.600. The van der Waals surface area contributed by atoms with Crippen molar-refractivity contribution in [2.75, 3.05) is 6.54 Å². The maximum Gasteiger partial charge on any atom is 0.220 e. The highest BCUT2D eigenvalue weighted by molar-refractivity contribution is 5.93. The molecule has 3 rings (SSSR count). The average Bonchev–Trinajstić information content (AvgIpc) is 2.68. The molecule has 124 valence electrons. The van der Waals surface area contributed by atoms with Crippen LogP contribution in [0.3, 0.4) is 0 Å². The first kappa shape index (κ1) is 16.2. The first-order chi connectivity index (χ1) is 11.0. The topological polar surface area (TPSA) is 32.1 Å². The van der Waals surface area contributed by atoms with Crippen LogP contribution in [0, 0.1) is 0 Å². The van der Waals surface area contributed by atoms with E-state index in [1.807, 2.05) is 0 Å². The lowest BCUT2D eigenvalue weighted by Crippen LogP contribution is -2.39. The number of unbranched alkanes of at least 4 members (excludes halogenated alkanes) is 1. The van der Waals surface area contributed by atoms with Gasteiger partial charge in [-0.15, -0.1) is 0 Å². The van der Waals surface area contributed by atoms with E-state index in [2.05, 4.69) is 54.9 Å². The number of carbonyl (C=O) groups excluding carboxylic acids is 1. The smallest absolute Gasteiger partial charge is 0.220 e. The second kappa shape index (κ2) is 6.46. The summed E-state index contributed by atoms with van der Waals surface area (Å²) in [6, 6.07) is 9.17. The van der Waals surface area contributed by atoms with Crippen LogP contribution in [0.15, 0.2) is 24.3 Å². The highest BCUT2D eigenvalue weighted by atomic mass is 16.1. The summed E-state index contributed by atoms with van der Waals surface area (Å²) in [7, 11) is 0. The molecular weight excluding hydrogens is 284 g/mol. The largest absolute Gasteiger partial charge is 0.353 e. The van der Waals surface area contributed by atoms with Gasteiger partial charge in [-0.25, -0.2) is 0 Å². The standard InChI is InChI=1S/C20H28N2O/c1-15-20(2,3)17-11-4-5-12-18(17)22(15)14-7-6-13-19(23)21-16-9-8-10-16/h4-5,11-12,16H,6-10,13-14H2,1-3H3/p+1. The van der Waals surface area contributed by atoms with E-state index in [0.717, 1.165) is 19.4 Å². The number of hydrogen-bond acceptors (Lipinski definition) is 1. The summed E-state index contributed by atoms with van der Waals surface area (Å²) in [5.41, 5.74) is 4.28. The van der Waals surface area contributed by atoms with Crippen molar-refractivity contribution in [3.63, 3.8) is 0 Å². The molecule has 0 saturated heterocycles. The van der Waals surface area contributed by atoms with Crippen LogP contribution in [0.25, 0.3) is 0 Å². The Balaban J connectivity index is 1.53. The third-order valence-electron chi connectivity index (χ3n) is 5.68. The number of benzene rings is 1. The summed E-state index contributed by atoms with van der Waals surface area (Å²) in [5, 5.41) is 3.12. The second-order valence-electron chi connectivity index (χ2n) is 7.53. The van der Waals surface area contributed by atoms with Crippen molar-refractivity contribution >= 4 is 17.3 Å². The maximum atomic E-state index is 11.9. The van der Waals surface area contributed by atoms with Gasteiger partial charge in [0, 0.05) is 37.4 Å². The Morgan fingerprint density at radius 3 is 2.70 bits per heavy atom. The molecule has 3 heteroatoms. The number of nitrogens with zero attached hydrogens (tertiary/aromatic N) is 1. The van der Waals surface area contributed by atoms with Crippen molar-refractivity contribution < 1.29 is 9.37 Å². The number of fused-ring (bicyclic) bond motifs is 1. The van der Waals surface area contributed by atoms with Crippen molar-refractivity contribution in [1.82, 2.24) is 5.32 Å². The van der Waals surface area contributed by atoms with Crippen molar-refractivity contribution in [2.24, 2.45) is 0 Å². The number of rotatable bonds is 6. The van der Waals surface area contributed by atoms with Crippen molar-refractivity contribution in [3.8, 4) is 0 Å². The molecule has 0 spiro atoms. The molecular formula is C20H29N2O+. The van der Waals surface area contributed by atoms with Gasteiger partial charge in [-0.05, 0) is 39.5 Å². The molecule has 2 aliphatic rings. The minimum atomic E-state index is 0.109. The Morgan fingerprint density at radius 2 is 2.00 bits per heavy atom. The van der Waals surface area contributed by atoms with E-state index in [-0.39, 0.29) is 11.3 Å². The van der Waals surface area contributed by atoms with E-state index >= 15 is 0 Å². The van der Waals surface area contributed by atoms with Gasteiger partial charge in [0.05, 0.1) is 5.41 Å². The summed E-state index contributed by atoms with van der Waals surface area (Å²) in [5.74, 6) is 0.234. The van der Waals surface area contributed by atoms with Crippen LogP contribution in [0.5, 0.6) is 0 Å². The molecule has 0 radical (unpaired) electrons. The lowest BCUT2D eigenvalue weighted by molar-refractivity contribution is -0.439. The van der Waals surface area contributed by atoms with Crippen LogP contribution in [-0.4, -0.2) is 28.8 Å². The Morgan fingerprint density at radius 1 is 1.26 bits per heavy atom. The fourth-order valence-electron chi connectivity index (χ4n) is 3.65. The quantitative estimate of drug-likeness (QED) is 0.626. The minimum absolute atomic E-state index is 0.109. The van der Waals surface area contributed by atoms with E-state index in [9.17, 15) is 4.79 Å². The van der Waals surface area contributed by atoms with Gasteiger partial charge in [-0.1, -0.05) is 18.2 Å². The Bertz CT molecular complexity index is 626. The van der Waals surface area contributed by atoms with Gasteiger partial charge in [0.15, 0.2) is 5.71 Å². The van der Waals surface area contributed by atoms with Crippen LogP contribution in [0.1, 0.15) is 64.9 Å². The fourth-order valence-corrected chi connectivity index (χ4v) is 3.65. The zero-order valence-corrected chi connectivity index (χ0v) is 14.7. The second-order valence-corrected chi connectivity index (χ2v) is 7.53. The normalized spacial score (nSPS) is 19.4. The van der Waals surface area contributed by atoms with Gasteiger partial charge in [-0.2, -0.15) is 4.58 Å². The Hall–Kier alpha value is -1.64. The Kier molecular flexibility index (Phi) is 4.56. The number of carbonyl (C=O) groups is 1. The molecule has 23 heavy (non-hydrogen) atoms. The third-order valence-corrected chi connectivity index (χ3v) is 5.68. The van der Waals surface area contributed by atoms with E-state index in [1.54, 1.807) is 0 Å². The van der Waals surface area contributed by atoms with Gasteiger partial charge in [0.25, 0.3) is 0 Å². The predicted molar refractivity (Wildman–Crippen MR) is 94.6 cm³/mol. The van der Waals surface area contributed by atoms with E-state index < -0.39 is 0 Å². The number of para-hydroxylation sites is 1. The van der Waals surface area contributed by atoms with Gasteiger partial charge in [0.1, 0.15) is 6.54 Å². The molecule has 1 saturated carbocycles. The van der Waals surface area contributed by atoms with Crippen LogP contribution in [0.4, 0.5) is 5.69 Å². The molecule has 1 aromatic rings. The zero-order chi connectivity index (χ0) is 16.4. The van der Waals surface area contributed by atoms with Gasteiger partial charge in [-0.3, -0.25) is 4.79 Å². The highest BCUT2D eigenvalue weighted by Gasteiger charge is 2.42. The maximum absolute atomic E-state index is 11.9. The van der Waals surface area contributed by atoms with Crippen LogP contribution >= 0.6 is 0 Å².